The molecule has 1 heterocycles. The van der Waals surface area contributed by atoms with Crippen LogP contribution in [0, 0.1) is 5.92 Å². The van der Waals surface area contributed by atoms with Crippen LogP contribution in [0.4, 0.5) is 11.5 Å². The molecule has 3 nitrogen and oxygen atoms in total. The average molecular weight is 373 g/mol. The van der Waals surface area contributed by atoms with Crippen molar-refractivity contribution in [3.63, 3.8) is 0 Å². The molecular formula is C14H12BrCl2N3. The van der Waals surface area contributed by atoms with E-state index in [4.69, 9.17) is 23.2 Å². The monoisotopic (exact) mass is 371 g/mol. The van der Waals surface area contributed by atoms with E-state index in [1.54, 1.807) is 6.07 Å². The highest BCUT2D eigenvalue weighted by atomic mass is 79.9. The fourth-order valence-corrected chi connectivity index (χ4v) is 2.91. The van der Waals surface area contributed by atoms with Crippen molar-refractivity contribution >= 4 is 50.6 Å². The molecule has 1 aromatic heterocycles. The zero-order valence-corrected chi connectivity index (χ0v) is 13.6. The minimum absolute atomic E-state index is 0.461. The molecule has 0 amide bonds. The van der Waals surface area contributed by atoms with Crippen LogP contribution in [-0.2, 0) is 6.42 Å². The normalized spacial score (nSPS) is 14.3. The summed E-state index contributed by atoms with van der Waals surface area (Å²) in [6.07, 6.45) is 3.43. The summed E-state index contributed by atoms with van der Waals surface area (Å²) in [6, 6.07) is 7.27. The number of rotatable bonds is 4. The fraction of sp³-hybridized carbons (Fsp3) is 0.286. The van der Waals surface area contributed by atoms with Crippen LogP contribution < -0.4 is 5.32 Å². The lowest BCUT2D eigenvalue weighted by molar-refractivity contribution is 0.771. The third-order valence-electron chi connectivity index (χ3n) is 3.10. The lowest BCUT2D eigenvalue weighted by Gasteiger charge is -2.09. The summed E-state index contributed by atoms with van der Waals surface area (Å²) in [6.45, 7) is 0. The van der Waals surface area contributed by atoms with Gasteiger partial charge < -0.3 is 5.32 Å². The molecule has 0 spiro atoms. The van der Waals surface area contributed by atoms with Gasteiger partial charge in [0.25, 0.3) is 0 Å². The van der Waals surface area contributed by atoms with Crippen LogP contribution in [0.2, 0.25) is 10.2 Å². The minimum atomic E-state index is 0.461. The number of hydrogen-bond acceptors (Lipinski definition) is 3. The molecule has 6 heteroatoms. The lowest BCUT2D eigenvalue weighted by atomic mass is 10.3. The molecule has 1 aliphatic rings. The van der Waals surface area contributed by atoms with Gasteiger partial charge in [0.2, 0.25) is 0 Å². The van der Waals surface area contributed by atoms with Crippen LogP contribution in [0.15, 0.2) is 28.7 Å². The predicted molar refractivity (Wildman–Crippen MR) is 85.9 cm³/mol. The van der Waals surface area contributed by atoms with Crippen LogP contribution in [0.3, 0.4) is 0 Å². The second-order valence-electron chi connectivity index (χ2n) is 4.89. The van der Waals surface area contributed by atoms with Gasteiger partial charge in [0.1, 0.15) is 16.8 Å². The van der Waals surface area contributed by atoms with E-state index in [-0.39, 0.29) is 0 Å². The molecule has 1 saturated carbocycles. The summed E-state index contributed by atoms with van der Waals surface area (Å²) in [5, 5.41) is 4.37. The Morgan fingerprint density at radius 3 is 2.70 bits per heavy atom. The van der Waals surface area contributed by atoms with Gasteiger partial charge in [-0.25, -0.2) is 9.97 Å². The molecule has 0 saturated heterocycles. The summed E-state index contributed by atoms with van der Waals surface area (Å²) >= 11 is 15.5. The quantitative estimate of drug-likeness (QED) is 0.745. The lowest BCUT2D eigenvalue weighted by Crippen LogP contribution is -2.02. The third-order valence-corrected chi connectivity index (χ3v) is 4.19. The van der Waals surface area contributed by atoms with E-state index in [0.717, 1.165) is 28.3 Å². The summed E-state index contributed by atoms with van der Waals surface area (Å²) in [5.41, 5.74) is 0.890. The maximum Gasteiger partial charge on any atom is 0.135 e. The number of aromatic nitrogens is 2. The van der Waals surface area contributed by atoms with E-state index < -0.39 is 0 Å². The number of nitrogens with zero attached hydrogens (tertiary/aromatic N) is 2. The fourth-order valence-electron chi connectivity index (χ4n) is 1.93. The van der Waals surface area contributed by atoms with E-state index >= 15 is 0 Å². The molecule has 0 unspecified atom stereocenters. The Balaban J connectivity index is 1.83. The molecule has 104 valence electrons. The first-order valence-corrected chi connectivity index (χ1v) is 7.90. The maximum atomic E-state index is 6.06. The number of benzene rings is 1. The average Bonchev–Trinajstić information content (AvgIpc) is 3.16. The highest BCUT2D eigenvalue weighted by Gasteiger charge is 2.23. The highest BCUT2D eigenvalue weighted by Crippen LogP contribution is 2.33. The van der Waals surface area contributed by atoms with Crippen molar-refractivity contribution in [3.8, 4) is 0 Å². The molecule has 1 aromatic carbocycles. The number of hydrogen-bond donors (Lipinski definition) is 1. The van der Waals surface area contributed by atoms with Gasteiger partial charge in [0, 0.05) is 22.0 Å². The summed E-state index contributed by atoms with van der Waals surface area (Å²) in [5.74, 6) is 2.22. The Morgan fingerprint density at radius 1 is 1.20 bits per heavy atom. The topological polar surface area (TPSA) is 37.8 Å². The highest BCUT2D eigenvalue weighted by molar-refractivity contribution is 9.10. The van der Waals surface area contributed by atoms with Crippen molar-refractivity contribution in [2.75, 3.05) is 5.32 Å². The molecule has 20 heavy (non-hydrogen) atoms. The van der Waals surface area contributed by atoms with E-state index in [1.807, 2.05) is 18.2 Å². The molecular weight excluding hydrogens is 361 g/mol. The van der Waals surface area contributed by atoms with E-state index in [1.165, 1.54) is 12.8 Å². The Morgan fingerprint density at radius 2 is 2.00 bits per heavy atom. The van der Waals surface area contributed by atoms with Gasteiger partial charge >= 0.3 is 0 Å². The summed E-state index contributed by atoms with van der Waals surface area (Å²) in [4.78, 5) is 8.79. The number of anilines is 2. The number of halogens is 3. The van der Waals surface area contributed by atoms with Crippen molar-refractivity contribution in [2.24, 2.45) is 5.92 Å². The maximum absolute atomic E-state index is 6.06. The second-order valence-corrected chi connectivity index (χ2v) is 6.57. The molecule has 1 aliphatic carbocycles. The SMILES string of the molecule is Clc1ccc(Nc2cc(Cl)nc(CC3CC3)n2)c(Br)c1. The first-order chi connectivity index (χ1) is 9.60. The molecule has 2 aromatic rings. The van der Waals surface area contributed by atoms with Crippen molar-refractivity contribution in [2.45, 2.75) is 19.3 Å². The molecule has 0 aliphatic heterocycles. The zero-order chi connectivity index (χ0) is 14.1. The summed E-state index contributed by atoms with van der Waals surface area (Å²) in [7, 11) is 0. The van der Waals surface area contributed by atoms with Crippen LogP contribution in [-0.4, -0.2) is 9.97 Å². The smallest absolute Gasteiger partial charge is 0.135 e. The van der Waals surface area contributed by atoms with Gasteiger partial charge in [0.15, 0.2) is 0 Å². The predicted octanol–water partition coefficient (Wildman–Crippen LogP) is 5.24. The van der Waals surface area contributed by atoms with Crippen LogP contribution in [0.5, 0.6) is 0 Å². The molecule has 1 N–H and O–H groups in total. The van der Waals surface area contributed by atoms with Crippen molar-refractivity contribution in [1.82, 2.24) is 9.97 Å². The summed E-state index contributed by atoms with van der Waals surface area (Å²) < 4.78 is 0.878. The van der Waals surface area contributed by atoms with E-state index in [0.29, 0.717) is 16.0 Å². The van der Waals surface area contributed by atoms with Crippen molar-refractivity contribution < 1.29 is 0 Å². The first kappa shape index (κ1) is 14.1. The van der Waals surface area contributed by atoms with Gasteiger partial charge in [-0.3, -0.25) is 0 Å². The Bertz CT molecular complexity index is 644. The van der Waals surface area contributed by atoms with Gasteiger partial charge in [-0.15, -0.1) is 0 Å². The molecule has 3 rings (SSSR count). The van der Waals surface area contributed by atoms with Crippen LogP contribution >= 0.6 is 39.1 Å². The van der Waals surface area contributed by atoms with E-state index in [9.17, 15) is 0 Å². The van der Waals surface area contributed by atoms with Gasteiger partial charge in [-0.2, -0.15) is 0 Å². The largest absolute Gasteiger partial charge is 0.339 e. The zero-order valence-electron chi connectivity index (χ0n) is 10.5. The van der Waals surface area contributed by atoms with Crippen molar-refractivity contribution in [3.05, 3.63) is 44.7 Å². The van der Waals surface area contributed by atoms with Gasteiger partial charge in [-0.05, 0) is 52.9 Å². The minimum Gasteiger partial charge on any atom is -0.339 e. The molecule has 1 fully saturated rings. The standard InChI is InChI=1S/C14H12BrCl2N3/c15-10-6-9(16)3-4-11(10)18-14-7-12(17)19-13(20-14)5-8-1-2-8/h3-4,6-8H,1-2,5H2,(H,18,19,20). The first-order valence-electron chi connectivity index (χ1n) is 6.36. The Hall–Kier alpha value is -0.840. The molecule has 0 atom stereocenters. The van der Waals surface area contributed by atoms with Gasteiger partial charge in [0.05, 0.1) is 5.69 Å². The molecule has 0 bridgehead atoms. The number of nitrogens with one attached hydrogen (secondary N) is 1. The van der Waals surface area contributed by atoms with E-state index in [2.05, 4.69) is 31.2 Å². The van der Waals surface area contributed by atoms with Crippen molar-refractivity contribution in [1.29, 1.82) is 0 Å². The second kappa shape index (κ2) is 5.88. The Kier molecular flexibility index (Phi) is 4.15. The molecule has 0 radical (unpaired) electrons. The van der Waals surface area contributed by atoms with Crippen LogP contribution in [0.25, 0.3) is 0 Å². The third kappa shape index (κ3) is 3.62. The van der Waals surface area contributed by atoms with Crippen LogP contribution in [0.1, 0.15) is 18.7 Å². The van der Waals surface area contributed by atoms with Gasteiger partial charge in [-0.1, -0.05) is 23.2 Å². The Labute approximate surface area is 135 Å².